The van der Waals surface area contributed by atoms with Gasteiger partial charge in [0.15, 0.2) is 5.78 Å². The largest absolute Gasteiger partial charge is 0.511 e. The summed E-state index contributed by atoms with van der Waals surface area (Å²) in [4.78, 5) is 39.2. The summed E-state index contributed by atoms with van der Waals surface area (Å²) in [5.74, 6) is -1.42. The lowest BCUT2D eigenvalue weighted by atomic mass is 9.75. The van der Waals surface area contributed by atoms with Crippen molar-refractivity contribution in [1.82, 2.24) is 5.32 Å². The van der Waals surface area contributed by atoms with Gasteiger partial charge in [-0.25, -0.2) is 9.59 Å². The van der Waals surface area contributed by atoms with Crippen molar-refractivity contribution in [3.63, 3.8) is 0 Å². The third kappa shape index (κ3) is 7.24. The van der Waals surface area contributed by atoms with Crippen molar-refractivity contribution < 1.29 is 29.3 Å². The van der Waals surface area contributed by atoms with Crippen LogP contribution in [0.25, 0.3) is 0 Å². The molecule has 0 aliphatic heterocycles. The number of Topliss-reactive ketones (excluding diaryl/α,β-unsaturated/α-hetero) is 1. The minimum absolute atomic E-state index is 0.0479. The maximum Gasteiger partial charge on any atom is 0.407 e. The number of carboxylic acid groups (broad SMARTS) is 1. The number of carbonyl (C=O) groups excluding carboxylic acids is 2. The van der Waals surface area contributed by atoms with Gasteiger partial charge in [-0.15, -0.1) is 0 Å². The number of aliphatic carboxylic acids is 1. The maximum absolute atomic E-state index is 12.3. The van der Waals surface area contributed by atoms with Gasteiger partial charge in [-0.1, -0.05) is 26.5 Å². The van der Waals surface area contributed by atoms with E-state index in [1.165, 1.54) is 13.0 Å². The molecule has 1 rings (SSSR count). The fraction of sp³-hybridized carbons (Fsp3) is 0.579. The maximum atomic E-state index is 12.3. The Hall–Kier alpha value is -2.64. The molecule has 27 heavy (non-hydrogen) atoms. The number of hydrogen-bond acceptors (Lipinski definition) is 6. The molecule has 3 N–H and O–H groups in total. The highest BCUT2D eigenvalue weighted by molar-refractivity contribution is 6.22. The number of nitrogens with one attached hydrogen (secondary N) is 1. The lowest BCUT2D eigenvalue weighted by Gasteiger charge is -2.29. The topological polar surface area (TPSA) is 125 Å². The molecule has 0 bridgehead atoms. The molecule has 0 aromatic heterocycles. The third-order valence-corrected chi connectivity index (χ3v) is 4.10. The number of hydrogen-bond donors (Lipinski definition) is 3. The van der Waals surface area contributed by atoms with Crippen molar-refractivity contribution in [1.29, 1.82) is 0 Å². The Balaban J connectivity index is 2.72. The van der Waals surface area contributed by atoms with E-state index in [1.807, 2.05) is 13.8 Å². The molecule has 0 heterocycles. The SMILES string of the molecule is C=CCOC(=O)NCCC[C@H](N=C(C)C1=C(O)CC(C)(C)CC1=O)C(=O)O. The predicted octanol–water partition coefficient (Wildman–Crippen LogP) is 2.79. The van der Waals surface area contributed by atoms with E-state index < -0.39 is 18.1 Å². The number of allylic oxidation sites excluding steroid dienone is 2. The quantitative estimate of drug-likeness (QED) is 0.321. The Morgan fingerprint density at radius 2 is 2.07 bits per heavy atom. The smallest absolute Gasteiger partial charge is 0.407 e. The molecule has 0 fully saturated rings. The molecule has 1 aliphatic rings. The van der Waals surface area contributed by atoms with E-state index in [-0.39, 0.29) is 54.2 Å². The van der Waals surface area contributed by atoms with Crippen molar-refractivity contribution in [3.8, 4) is 0 Å². The molecule has 0 aromatic carbocycles. The summed E-state index contributed by atoms with van der Waals surface area (Å²) >= 11 is 0. The summed E-state index contributed by atoms with van der Waals surface area (Å²) in [6.07, 6.45) is 1.98. The standard InChI is InChI=1S/C19H28N2O6/c1-5-9-27-18(26)20-8-6-7-13(17(24)25)21-12(2)16-14(22)10-19(3,4)11-15(16)23/h5,13,22H,1,6-11H2,2-4H3,(H,20,26)(H,24,25)/t13-/m0/s1. The van der Waals surface area contributed by atoms with Crippen molar-refractivity contribution in [2.45, 2.75) is 52.5 Å². The van der Waals surface area contributed by atoms with E-state index in [2.05, 4.69) is 16.9 Å². The summed E-state index contributed by atoms with van der Waals surface area (Å²) in [7, 11) is 0. The number of alkyl carbamates (subject to hydrolysis) is 1. The van der Waals surface area contributed by atoms with Gasteiger partial charge in [-0.3, -0.25) is 9.79 Å². The van der Waals surface area contributed by atoms with E-state index in [0.717, 1.165) is 0 Å². The number of nitrogens with zero attached hydrogens (tertiary/aromatic N) is 1. The molecule has 0 aromatic rings. The molecule has 1 aliphatic carbocycles. The van der Waals surface area contributed by atoms with Gasteiger partial charge in [0.1, 0.15) is 18.4 Å². The first kappa shape index (κ1) is 22.4. The van der Waals surface area contributed by atoms with Crippen molar-refractivity contribution in [2.75, 3.05) is 13.2 Å². The molecule has 8 nitrogen and oxygen atoms in total. The van der Waals surface area contributed by atoms with Crippen LogP contribution in [-0.4, -0.2) is 53.0 Å². The lowest BCUT2D eigenvalue weighted by molar-refractivity contribution is -0.138. The molecule has 0 saturated carbocycles. The molecule has 1 amide bonds. The minimum Gasteiger partial charge on any atom is -0.511 e. The highest BCUT2D eigenvalue weighted by Crippen LogP contribution is 2.36. The highest BCUT2D eigenvalue weighted by Gasteiger charge is 2.34. The van der Waals surface area contributed by atoms with Crippen LogP contribution >= 0.6 is 0 Å². The molecule has 0 unspecified atom stereocenters. The van der Waals surface area contributed by atoms with Crippen LogP contribution in [0.15, 0.2) is 29.0 Å². The monoisotopic (exact) mass is 380 g/mol. The third-order valence-electron chi connectivity index (χ3n) is 4.10. The summed E-state index contributed by atoms with van der Waals surface area (Å²) in [5, 5.41) is 22.1. The first-order chi connectivity index (χ1) is 12.6. The van der Waals surface area contributed by atoms with E-state index in [4.69, 9.17) is 4.74 Å². The van der Waals surface area contributed by atoms with Gasteiger partial charge in [0, 0.05) is 25.1 Å². The Morgan fingerprint density at radius 3 is 2.63 bits per heavy atom. The summed E-state index contributed by atoms with van der Waals surface area (Å²) in [6.45, 7) is 9.05. The number of ether oxygens (including phenoxy) is 1. The highest BCUT2D eigenvalue weighted by atomic mass is 16.5. The molecular weight excluding hydrogens is 352 g/mol. The zero-order valence-electron chi connectivity index (χ0n) is 16.1. The number of aliphatic hydroxyl groups is 1. The van der Waals surface area contributed by atoms with E-state index >= 15 is 0 Å². The number of amides is 1. The molecule has 8 heteroatoms. The second kappa shape index (κ2) is 9.89. The molecule has 0 saturated heterocycles. The second-order valence-corrected chi connectivity index (χ2v) is 7.29. The number of ketones is 1. The predicted molar refractivity (Wildman–Crippen MR) is 101 cm³/mol. The Bertz CT molecular complexity index is 663. The molecule has 0 radical (unpaired) electrons. The van der Waals surface area contributed by atoms with E-state index in [0.29, 0.717) is 12.8 Å². The van der Waals surface area contributed by atoms with Crippen LogP contribution in [0.4, 0.5) is 4.79 Å². The summed E-state index contributed by atoms with van der Waals surface area (Å²) in [6, 6.07) is -1.07. The zero-order valence-corrected chi connectivity index (χ0v) is 16.1. The fourth-order valence-electron chi connectivity index (χ4n) is 2.91. The minimum atomic E-state index is -1.13. The number of carbonyl (C=O) groups is 3. The lowest BCUT2D eigenvalue weighted by Crippen LogP contribution is -2.30. The van der Waals surface area contributed by atoms with Crippen LogP contribution in [0.2, 0.25) is 0 Å². The molecule has 1 atom stereocenters. The van der Waals surface area contributed by atoms with Gasteiger partial charge in [-0.05, 0) is 25.2 Å². The number of rotatable bonds is 9. The normalized spacial score (nSPS) is 18.0. The zero-order chi connectivity index (χ0) is 20.6. The van der Waals surface area contributed by atoms with Crippen LogP contribution in [0.1, 0.15) is 46.5 Å². The summed E-state index contributed by atoms with van der Waals surface area (Å²) < 4.78 is 4.75. The van der Waals surface area contributed by atoms with Gasteiger partial charge < -0.3 is 20.3 Å². The van der Waals surface area contributed by atoms with Crippen LogP contribution in [0.3, 0.4) is 0 Å². The summed E-state index contributed by atoms with van der Waals surface area (Å²) in [5.41, 5.74) is 0.00805. The van der Waals surface area contributed by atoms with E-state index in [1.54, 1.807) is 0 Å². The van der Waals surface area contributed by atoms with Crippen LogP contribution in [0.5, 0.6) is 0 Å². The average molecular weight is 380 g/mol. The van der Waals surface area contributed by atoms with E-state index in [9.17, 15) is 24.6 Å². The Kier molecular flexibility index (Phi) is 8.21. The van der Waals surface area contributed by atoms with Gasteiger partial charge in [0.2, 0.25) is 0 Å². The Morgan fingerprint density at radius 1 is 1.41 bits per heavy atom. The van der Waals surface area contributed by atoms with Gasteiger partial charge in [0.05, 0.1) is 5.57 Å². The molecule has 150 valence electrons. The van der Waals surface area contributed by atoms with Crippen molar-refractivity contribution in [3.05, 3.63) is 24.0 Å². The number of aliphatic hydroxyl groups excluding tert-OH is 1. The van der Waals surface area contributed by atoms with Crippen LogP contribution in [-0.2, 0) is 14.3 Å². The average Bonchev–Trinajstić information content (AvgIpc) is 2.53. The second-order valence-electron chi connectivity index (χ2n) is 7.29. The van der Waals surface area contributed by atoms with Gasteiger partial charge >= 0.3 is 12.1 Å². The van der Waals surface area contributed by atoms with Crippen molar-refractivity contribution in [2.24, 2.45) is 10.4 Å². The van der Waals surface area contributed by atoms with Crippen molar-refractivity contribution >= 4 is 23.6 Å². The molecular formula is C19H28N2O6. The molecule has 0 spiro atoms. The van der Waals surface area contributed by atoms with Gasteiger partial charge in [-0.2, -0.15) is 0 Å². The Labute approximate surface area is 159 Å². The first-order valence-corrected chi connectivity index (χ1v) is 8.82. The van der Waals surface area contributed by atoms with Crippen LogP contribution < -0.4 is 5.32 Å². The van der Waals surface area contributed by atoms with Gasteiger partial charge in [0.25, 0.3) is 0 Å². The fourth-order valence-corrected chi connectivity index (χ4v) is 2.91. The first-order valence-electron chi connectivity index (χ1n) is 8.82. The number of carboxylic acids is 1. The number of aliphatic imine (C=N–C) groups is 1. The van der Waals surface area contributed by atoms with Crippen LogP contribution in [0, 0.1) is 5.41 Å².